The van der Waals surface area contributed by atoms with Crippen LogP contribution in [0.2, 0.25) is 0 Å². The summed E-state index contributed by atoms with van der Waals surface area (Å²) in [6.45, 7) is 4.37. The smallest absolute Gasteiger partial charge is 0.303 e. The molecule has 0 fully saturated rings. The third-order valence-electron chi connectivity index (χ3n) is 3.58. The lowest BCUT2D eigenvalue weighted by atomic mass is 10.0. The molecule has 1 unspecified atom stereocenters. The van der Waals surface area contributed by atoms with Crippen molar-refractivity contribution in [3.05, 3.63) is 0 Å². The van der Waals surface area contributed by atoms with Gasteiger partial charge in [0.25, 0.3) is 0 Å². The summed E-state index contributed by atoms with van der Waals surface area (Å²) in [6, 6.07) is 0. The van der Waals surface area contributed by atoms with Crippen LogP contribution >= 0.6 is 7.82 Å². The predicted molar refractivity (Wildman–Crippen MR) is 83.6 cm³/mol. The maximum Gasteiger partial charge on any atom is 0.469 e. The average Bonchev–Trinajstić information content (AvgIpc) is 2.38. The Hall–Kier alpha value is 0.110. The zero-order valence-corrected chi connectivity index (χ0v) is 14.1. The number of unbranched alkanes of at least 4 members (excludes halogenated alkanes) is 9. The summed E-state index contributed by atoms with van der Waals surface area (Å²) in [4.78, 5) is 17.2. The summed E-state index contributed by atoms with van der Waals surface area (Å²) in [7, 11) is -4.29. The molecule has 0 heterocycles. The summed E-state index contributed by atoms with van der Waals surface area (Å²) in [6.07, 6.45) is 14.1. The Kier molecular flexibility index (Phi) is 12.9. The van der Waals surface area contributed by atoms with Crippen LogP contribution in [0.5, 0.6) is 0 Å². The van der Waals surface area contributed by atoms with Gasteiger partial charge in [0.15, 0.2) is 0 Å². The monoisotopic (exact) mass is 308 g/mol. The number of phosphoric acid groups is 1. The summed E-state index contributed by atoms with van der Waals surface area (Å²) >= 11 is 0. The fourth-order valence-corrected chi connectivity index (χ4v) is 2.74. The molecule has 0 aliphatic carbocycles. The molecular formula is C15H33O4P. The zero-order valence-electron chi connectivity index (χ0n) is 13.2. The lowest BCUT2D eigenvalue weighted by molar-refractivity contribution is 0.168. The number of rotatable bonds is 14. The van der Waals surface area contributed by atoms with Gasteiger partial charge in [-0.2, -0.15) is 0 Å². The Labute approximate surface area is 124 Å². The molecule has 2 N–H and O–H groups in total. The van der Waals surface area contributed by atoms with Crippen LogP contribution in [0.1, 0.15) is 84.5 Å². The van der Waals surface area contributed by atoms with Crippen molar-refractivity contribution in [1.82, 2.24) is 0 Å². The SMILES string of the molecule is CCCCCCCCCCCCC(C)COP(=O)(O)O. The molecule has 0 aromatic rings. The molecule has 0 aliphatic heterocycles. The largest absolute Gasteiger partial charge is 0.469 e. The maximum absolute atomic E-state index is 10.6. The highest BCUT2D eigenvalue weighted by Crippen LogP contribution is 2.36. The van der Waals surface area contributed by atoms with Crippen LogP contribution < -0.4 is 0 Å². The van der Waals surface area contributed by atoms with Gasteiger partial charge < -0.3 is 9.79 Å². The Bertz CT molecular complexity index is 252. The molecule has 0 bridgehead atoms. The number of hydrogen-bond donors (Lipinski definition) is 2. The molecule has 0 radical (unpaired) electrons. The van der Waals surface area contributed by atoms with Crippen LogP contribution in [-0.2, 0) is 9.09 Å². The van der Waals surface area contributed by atoms with E-state index >= 15 is 0 Å². The quantitative estimate of drug-likeness (QED) is 0.348. The van der Waals surface area contributed by atoms with Crippen molar-refractivity contribution < 1.29 is 18.9 Å². The predicted octanol–water partition coefficient (Wildman–Crippen LogP) is 5.04. The minimum atomic E-state index is -4.29. The van der Waals surface area contributed by atoms with Gasteiger partial charge in [0.05, 0.1) is 6.61 Å². The second kappa shape index (κ2) is 12.8. The molecule has 0 rings (SSSR count). The first-order valence-corrected chi connectivity index (χ1v) is 9.69. The molecule has 0 aromatic heterocycles. The molecule has 0 saturated carbocycles. The van der Waals surface area contributed by atoms with Crippen LogP contribution in [0.25, 0.3) is 0 Å². The molecule has 5 heteroatoms. The molecule has 4 nitrogen and oxygen atoms in total. The Morgan fingerprint density at radius 3 is 1.80 bits per heavy atom. The van der Waals surface area contributed by atoms with Gasteiger partial charge in [-0.15, -0.1) is 0 Å². The highest BCUT2D eigenvalue weighted by atomic mass is 31.2. The number of hydrogen-bond acceptors (Lipinski definition) is 2. The van der Waals surface area contributed by atoms with Gasteiger partial charge in [-0.05, 0) is 12.3 Å². The maximum atomic E-state index is 10.6. The van der Waals surface area contributed by atoms with Gasteiger partial charge in [-0.3, -0.25) is 4.52 Å². The summed E-state index contributed by atoms with van der Waals surface area (Å²) in [5, 5.41) is 0. The first-order valence-electron chi connectivity index (χ1n) is 8.15. The molecule has 0 spiro atoms. The van der Waals surface area contributed by atoms with E-state index in [2.05, 4.69) is 11.4 Å². The zero-order chi connectivity index (χ0) is 15.3. The molecule has 1 atom stereocenters. The first-order chi connectivity index (χ1) is 9.45. The van der Waals surface area contributed by atoms with Crippen molar-refractivity contribution in [3.8, 4) is 0 Å². The minimum absolute atomic E-state index is 0.154. The van der Waals surface area contributed by atoms with Gasteiger partial charge in [0.1, 0.15) is 0 Å². The van der Waals surface area contributed by atoms with Crippen LogP contribution in [0, 0.1) is 5.92 Å². The van der Waals surface area contributed by atoms with Crippen LogP contribution in [0.4, 0.5) is 0 Å². The fraction of sp³-hybridized carbons (Fsp3) is 1.00. The van der Waals surface area contributed by atoms with Crippen molar-refractivity contribution in [2.75, 3.05) is 6.61 Å². The standard InChI is InChI=1S/C15H33O4P/c1-3-4-5-6-7-8-9-10-11-12-13-15(2)14-19-20(16,17)18/h15H,3-14H2,1-2H3,(H2,16,17,18). The van der Waals surface area contributed by atoms with Gasteiger partial charge in [0.2, 0.25) is 0 Å². The van der Waals surface area contributed by atoms with E-state index in [9.17, 15) is 4.57 Å². The molecule has 0 aromatic carbocycles. The van der Waals surface area contributed by atoms with E-state index in [0.29, 0.717) is 0 Å². The third kappa shape index (κ3) is 16.2. The number of phosphoric ester groups is 1. The van der Waals surface area contributed by atoms with Gasteiger partial charge >= 0.3 is 7.82 Å². The summed E-state index contributed by atoms with van der Waals surface area (Å²) in [5.74, 6) is 0.219. The Balaban J connectivity index is 3.21. The van der Waals surface area contributed by atoms with Crippen molar-refractivity contribution in [2.45, 2.75) is 84.5 Å². The third-order valence-corrected chi connectivity index (χ3v) is 4.06. The normalized spacial score (nSPS) is 13.6. The van der Waals surface area contributed by atoms with Crippen molar-refractivity contribution >= 4 is 7.82 Å². The van der Waals surface area contributed by atoms with Crippen LogP contribution in [0.15, 0.2) is 0 Å². The molecule has 0 saturated heterocycles. The fourth-order valence-electron chi connectivity index (χ4n) is 2.29. The summed E-state index contributed by atoms with van der Waals surface area (Å²) < 4.78 is 15.1. The van der Waals surface area contributed by atoms with Crippen molar-refractivity contribution in [2.24, 2.45) is 5.92 Å². The highest BCUT2D eigenvalue weighted by molar-refractivity contribution is 7.46. The van der Waals surface area contributed by atoms with Crippen molar-refractivity contribution in [1.29, 1.82) is 0 Å². The van der Waals surface area contributed by atoms with E-state index in [4.69, 9.17) is 9.79 Å². The van der Waals surface area contributed by atoms with E-state index < -0.39 is 7.82 Å². The van der Waals surface area contributed by atoms with Gasteiger partial charge in [0, 0.05) is 0 Å². The highest BCUT2D eigenvalue weighted by Gasteiger charge is 2.15. The van der Waals surface area contributed by atoms with Crippen molar-refractivity contribution in [3.63, 3.8) is 0 Å². The molecule has 0 aliphatic rings. The van der Waals surface area contributed by atoms with E-state index in [1.807, 2.05) is 6.92 Å². The minimum Gasteiger partial charge on any atom is -0.303 e. The molecule has 20 heavy (non-hydrogen) atoms. The lowest BCUT2D eigenvalue weighted by Crippen LogP contribution is -2.04. The molecule has 122 valence electrons. The van der Waals surface area contributed by atoms with Crippen LogP contribution in [0.3, 0.4) is 0 Å². The topological polar surface area (TPSA) is 66.8 Å². The average molecular weight is 308 g/mol. The Morgan fingerprint density at radius 2 is 1.35 bits per heavy atom. The molecular weight excluding hydrogens is 275 g/mol. The van der Waals surface area contributed by atoms with E-state index in [-0.39, 0.29) is 12.5 Å². The summed E-state index contributed by atoms with van der Waals surface area (Å²) in [5.41, 5.74) is 0. The van der Waals surface area contributed by atoms with Gasteiger partial charge in [-0.1, -0.05) is 78.1 Å². The molecule has 0 amide bonds. The van der Waals surface area contributed by atoms with Crippen LogP contribution in [-0.4, -0.2) is 16.4 Å². The lowest BCUT2D eigenvalue weighted by Gasteiger charge is -2.12. The second-order valence-electron chi connectivity index (χ2n) is 5.86. The first kappa shape index (κ1) is 20.1. The van der Waals surface area contributed by atoms with E-state index in [1.54, 1.807) is 0 Å². The Morgan fingerprint density at radius 1 is 0.900 bits per heavy atom. The van der Waals surface area contributed by atoms with E-state index in [0.717, 1.165) is 12.8 Å². The van der Waals surface area contributed by atoms with E-state index in [1.165, 1.54) is 57.8 Å². The van der Waals surface area contributed by atoms with Gasteiger partial charge in [-0.25, -0.2) is 4.57 Å². The second-order valence-corrected chi connectivity index (χ2v) is 7.10.